The van der Waals surface area contributed by atoms with Gasteiger partial charge in [0.05, 0.1) is 5.25 Å². The van der Waals surface area contributed by atoms with Gasteiger partial charge in [0.2, 0.25) is 0 Å². The molecule has 2 heterocycles. The molecule has 0 aliphatic carbocycles. The predicted molar refractivity (Wildman–Crippen MR) is 91.3 cm³/mol. The molecule has 2 aliphatic heterocycles. The van der Waals surface area contributed by atoms with Crippen molar-refractivity contribution in [3.05, 3.63) is 35.4 Å². The zero-order valence-electron chi connectivity index (χ0n) is 13.9. The number of rotatable bonds is 4. The second-order valence-electron chi connectivity index (χ2n) is 6.97. The van der Waals surface area contributed by atoms with Crippen LogP contribution >= 0.6 is 0 Å². The Morgan fingerprint density at radius 1 is 1.13 bits per heavy atom. The van der Waals surface area contributed by atoms with Gasteiger partial charge in [0.15, 0.2) is 0 Å². The highest BCUT2D eigenvalue weighted by atomic mass is 32.2. The SMILES string of the molecule is CCCc1ccc(C(=O)N2C3CCC2CC(S(C)(=O)=O)C3)cc1. The van der Waals surface area contributed by atoms with Gasteiger partial charge in [-0.3, -0.25) is 4.79 Å². The predicted octanol–water partition coefficient (Wildman–Crippen LogP) is 2.82. The maximum atomic E-state index is 12.9. The quantitative estimate of drug-likeness (QED) is 0.850. The largest absolute Gasteiger partial charge is 0.333 e. The normalized spacial score (nSPS) is 27.2. The van der Waals surface area contributed by atoms with Gasteiger partial charge in [0.1, 0.15) is 9.84 Å². The molecule has 2 unspecified atom stereocenters. The average Bonchev–Trinajstić information content (AvgIpc) is 2.76. The number of hydrogen-bond donors (Lipinski definition) is 0. The van der Waals surface area contributed by atoms with E-state index in [-0.39, 0.29) is 23.2 Å². The summed E-state index contributed by atoms with van der Waals surface area (Å²) in [5.41, 5.74) is 1.97. The third kappa shape index (κ3) is 3.30. The molecular weight excluding hydrogens is 310 g/mol. The first-order valence-electron chi connectivity index (χ1n) is 8.50. The van der Waals surface area contributed by atoms with Crippen molar-refractivity contribution in [2.75, 3.05) is 6.26 Å². The molecule has 1 amide bonds. The smallest absolute Gasteiger partial charge is 0.254 e. The van der Waals surface area contributed by atoms with Crippen molar-refractivity contribution in [3.8, 4) is 0 Å². The van der Waals surface area contributed by atoms with E-state index in [1.807, 2.05) is 29.2 Å². The molecule has 1 aromatic rings. The zero-order chi connectivity index (χ0) is 16.6. The topological polar surface area (TPSA) is 54.5 Å². The first-order chi connectivity index (χ1) is 10.9. The van der Waals surface area contributed by atoms with Crippen LogP contribution < -0.4 is 0 Å². The fraction of sp³-hybridized carbons (Fsp3) is 0.611. The third-order valence-electron chi connectivity index (χ3n) is 5.27. The number of carbonyl (C=O) groups is 1. The van der Waals surface area contributed by atoms with Crippen LogP contribution in [0.5, 0.6) is 0 Å². The summed E-state index contributed by atoms with van der Waals surface area (Å²) in [5.74, 6) is 0.0625. The van der Waals surface area contributed by atoms with Crippen molar-refractivity contribution < 1.29 is 13.2 Å². The first kappa shape index (κ1) is 16.5. The molecule has 2 fully saturated rings. The Balaban J connectivity index is 1.76. The minimum Gasteiger partial charge on any atom is -0.333 e. The van der Waals surface area contributed by atoms with Gasteiger partial charge in [-0.2, -0.15) is 0 Å². The molecular formula is C18H25NO3S. The van der Waals surface area contributed by atoms with Crippen molar-refractivity contribution >= 4 is 15.7 Å². The molecule has 4 nitrogen and oxygen atoms in total. The number of nitrogens with zero attached hydrogens (tertiary/aromatic N) is 1. The monoisotopic (exact) mass is 335 g/mol. The molecule has 0 saturated carbocycles. The zero-order valence-corrected chi connectivity index (χ0v) is 14.7. The Morgan fingerprint density at radius 2 is 1.70 bits per heavy atom. The van der Waals surface area contributed by atoms with E-state index in [2.05, 4.69) is 6.92 Å². The second-order valence-corrected chi connectivity index (χ2v) is 9.29. The summed E-state index contributed by atoms with van der Waals surface area (Å²) in [6.45, 7) is 2.14. The van der Waals surface area contributed by atoms with E-state index in [1.165, 1.54) is 11.8 Å². The van der Waals surface area contributed by atoms with Crippen LogP contribution in [-0.2, 0) is 16.3 Å². The molecule has 5 heteroatoms. The summed E-state index contributed by atoms with van der Waals surface area (Å²) < 4.78 is 23.7. The van der Waals surface area contributed by atoms with Crippen LogP contribution in [0.3, 0.4) is 0 Å². The summed E-state index contributed by atoms with van der Waals surface area (Å²) >= 11 is 0. The summed E-state index contributed by atoms with van der Waals surface area (Å²) in [5, 5.41) is -0.281. The Bertz CT molecular complexity index is 667. The molecule has 126 valence electrons. The van der Waals surface area contributed by atoms with Gasteiger partial charge < -0.3 is 4.90 Å². The van der Waals surface area contributed by atoms with E-state index in [9.17, 15) is 13.2 Å². The standard InChI is InChI=1S/C18H25NO3S/c1-3-4-13-5-7-14(8-6-13)18(20)19-15-9-10-16(19)12-17(11-15)23(2,21)22/h5-8,15-17H,3-4,9-12H2,1-2H3. The summed E-state index contributed by atoms with van der Waals surface area (Å²) in [6.07, 6.45) is 6.48. The fourth-order valence-electron chi connectivity index (χ4n) is 4.06. The van der Waals surface area contributed by atoms with Gasteiger partial charge in [-0.15, -0.1) is 0 Å². The van der Waals surface area contributed by atoms with Crippen molar-refractivity contribution in [1.29, 1.82) is 0 Å². The van der Waals surface area contributed by atoms with E-state index >= 15 is 0 Å². The molecule has 0 N–H and O–H groups in total. The van der Waals surface area contributed by atoms with Crippen molar-refractivity contribution in [2.45, 2.75) is 62.8 Å². The number of fused-ring (bicyclic) bond motifs is 2. The lowest BCUT2D eigenvalue weighted by Crippen LogP contribution is -2.49. The number of amides is 1. The van der Waals surface area contributed by atoms with Crippen LogP contribution in [0.1, 0.15) is 54.9 Å². The number of piperidine rings is 1. The maximum Gasteiger partial charge on any atom is 0.254 e. The number of carbonyl (C=O) groups excluding carboxylic acids is 1. The summed E-state index contributed by atoms with van der Waals surface area (Å²) in [6, 6.07) is 8.04. The lowest BCUT2D eigenvalue weighted by molar-refractivity contribution is 0.0598. The van der Waals surface area contributed by atoms with Crippen LogP contribution in [0.25, 0.3) is 0 Å². The van der Waals surface area contributed by atoms with Crippen LogP contribution in [0.15, 0.2) is 24.3 Å². The van der Waals surface area contributed by atoms with Crippen LogP contribution in [0.2, 0.25) is 0 Å². The Hall–Kier alpha value is -1.36. The maximum absolute atomic E-state index is 12.9. The van der Waals surface area contributed by atoms with Gasteiger partial charge in [0, 0.05) is 23.9 Å². The minimum absolute atomic E-state index is 0.0625. The molecule has 3 rings (SSSR count). The Morgan fingerprint density at radius 3 is 2.17 bits per heavy atom. The van der Waals surface area contributed by atoms with Gasteiger partial charge >= 0.3 is 0 Å². The second kappa shape index (κ2) is 6.27. The van der Waals surface area contributed by atoms with Crippen LogP contribution in [0, 0.1) is 0 Å². The van der Waals surface area contributed by atoms with Crippen LogP contribution in [0.4, 0.5) is 0 Å². The molecule has 1 aromatic carbocycles. The summed E-state index contributed by atoms with van der Waals surface area (Å²) in [7, 11) is -3.02. The lowest BCUT2D eigenvalue weighted by atomic mass is 10.00. The highest BCUT2D eigenvalue weighted by Gasteiger charge is 2.45. The van der Waals surface area contributed by atoms with Gasteiger partial charge in [-0.1, -0.05) is 25.5 Å². The number of sulfone groups is 1. The van der Waals surface area contributed by atoms with Crippen LogP contribution in [-0.4, -0.2) is 42.8 Å². The first-order valence-corrected chi connectivity index (χ1v) is 10.5. The van der Waals surface area contributed by atoms with Gasteiger partial charge in [-0.25, -0.2) is 8.42 Å². The highest BCUT2D eigenvalue weighted by molar-refractivity contribution is 7.91. The van der Waals surface area contributed by atoms with Crippen molar-refractivity contribution in [2.24, 2.45) is 0 Å². The molecule has 0 spiro atoms. The molecule has 0 aromatic heterocycles. The van der Waals surface area contributed by atoms with Gasteiger partial charge in [-0.05, 0) is 49.8 Å². The third-order valence-corrected chi connectivity index (χ3v) is 6.87. The minimum atomic E-state index is -3.02. The number of hydrogen-bond acceptors (Lipinski definition) is 3. The lowest BCUT2D eigenvalue weighted by Gasteiger charge is -2.38. The molecule has 23 heavy (non-hydrogen) atoms. The highest BCUT2D eigenvalue weighted by Crippen LogP contribution is 2.38. The van der Waals surface area contributed by atoms with E-state index in [0.717, 1.165) is 31.2 Å². The van der Waals surface area contributed by atoms with Crippen molar-refractivity contribution in [1.82, 2.24) is 4.90 Å². The molecule has 2 saturated heterocycles. The van der Waals surface area contributed by atoms with E-state index in [0.29, 0.717) is 12.8 Å². The van der Waals surface area contributed by atoms with E-state index in [4.69, 9.17) is 0 Å². The molecule has 2 bridgehead atoms. The molecule has 2 aliphatic rings. The average molecular weight is 335 g/mol. The van der Waals surface area contributed by atoms with Crippen molar-refractivity contribution in [3.63, 3.8) is 0 Å². The Kier molecular flexibility index (Phi) is 4.50. The van der Waals surface area contributed by atoms with E-state index in [1.54, 1.807) is 0 Å². The van der Waals surface area contributed by atoms with Gasteiger partial charge in [0.25, 0.3) is 5.91 Å². The Labute approximate surface area is 138 Å². The fourth-order valence-corrected chi connectivity index (χ4v) is 5.20. The molecule has 2 atom stereocenters. The van der Waals surface area contributed by atoms with E-state index < -0.39 is 9.84 Å². The number of aryl methyl sites for hydroxylation is 1. The number of benzene rings is 1. The summed E-state index contributed by atoms with van der Waals surface area (Å²) in [4.78, 5) is 14.8. The molecule has 0 radical (unpaired) electrons.